The van der Waals surface area contributed by atoms with E-state index >= 15 is 0 Å². The number of amides is 3. The van der Waals surface area contributed by atoms with E-state index in [4.69, 9.17) is 14.5 Å². The number of hydrogen-bond donors (Lipinski definition) is 0. The van der Waals surface area contributed by atoms with Crippen LogP contribution in [0.25, 0.3) is 0 Å². The number of urea groups is 1. The quantitative estimate of drug-likeness (QED) is 0.592. The molecule has 10 nitrogen and oxygen atoms in total. The number of allylic oxidation sites excluding steroid dienone is 1. The van der Waals surface area contributed by atoms with Crippen LogP contribution in [-0.2, 0) is 20.9 Å². The molecule has 0 bridgehead atoms. The molecular weight excluding hydrogens is 450 g/mol. The van der Waals surface area contributed by atoms with Gasteiger partial charge in [-0.25, -0.2) is 9.79 Å². The van der Waals surface area contributed by atoms with Crippen molar-refractivity contribution >= 4 is 29.6 Å². The van der Waals surface area contributed by atoms with E-state index in [2.05, 4.69) is 0 Å². The number of fused-ring (bicyclic) bond motifs is 3. The molecule has 0 spiro atoms. The predicted molar refractivity (Wildman–Crippen MR) is 127 cm³/mol. The standard InChI is InChI=1S/C25H25N5O5/c1-16-13-28-21-22(26-24(28)30(16)18-10-7-11-19(12-18)34-3)27(2)25(33)29(23(21)32)14-20(31)35-15-17-8-5-4-6-9-17/h4-13,21-22H,14-15H2,1-3H3. The highest BCUT2D eigenvalue weighted by Crippen LogP contribution is 2.37. The number of imide groups is 1. The van der Waals surface area contributed by atoms with Gasteiger partial charge in [-0.15, -0.1) is 0 Å². The molecule has 0 aromatic heterocycles. The molecule has 3 aliphatic rings. The molecule has 0 aliphatic carbocycles. The Balaban J connectivity index is 1.35. The second-order valence-electron chi connectivity index (χ2n) is 8.47. The van der Waals surface area contributed by atoms with E-state index in [-0.39, 0.29) is 6.61 Å². The number of aliphatic imine (C=N–C) groups is 1. The van der Waals surface area contributed by atoms with Crippen molar-refractivity contribution in [2.75, 3.05) is 25.6 Å². The average Bonchev–Trinajstić information content (AvgIpc) is 3.39. The van der Waals surface area contributed by atoms with Crippen molar-refractivity contribution in [3.63, 3.8) is 0 Å². The van der Waals surface area contributed by atoms with Gasteiger partial charge in [0.1, 0.15) is 18.9 Å². The molecule has 3 aliphatic heterocycles. The van der Waals surface area contributed by atoms with E-state index in [1.807, 2.05) is 72.6 Å². The Morgan fingerprint density at radius 2 is 1.86 bits per heavy atom. The Morgan fingerprint density at radius 3 is 2.60 bits per heavy atom. The highest BCUT2D eigenvalue weighted by Gasteiger charge is 2.54. The molecule has 2 unspecified atom stereocenters. The van der Waals surface area contributed by atoms with Gasteiger partial charge in [-0.1, -0.05) is 36.4 Å². The molecule has 0 radical (unpaired) electrons. The minimum absolute atomic E-state index is 0.0641. The van der Waals surface area contributed by atoms with Gasteiger partial charge in [0.25, 0.3) is 5.91 Å². The minimum atomic E-state index is -0.778. The van der Waals surface area contributed by atoms with Crippen LogP contribution in [0.5, 0.6) is 5.75 Å². The Labute approximate surface area is 202 Å². The zero-order valence-electron chi connectivity index (χ0n) is 19.6. The van der Waals surface area contributed by atoms with Gasteiger partial charge in [0.2, 0.25) is 5.96 Å². The van der Waals surface area contributed by atoms with Gasteiger partial charge in [-0.2, -0.15) is 0 Å². The van der Waals surface area contributed by atoms with E-state index in [9.17, 15) is 14.4 Å². The maximum atomic E-state index is 13.5. The maximum Gasteiger partial charge on any atom is 0.328 e. The van der Waals surface area contributed by atoms with Crippen molar-refractivity contribution in [2.24, 2.45) is 4.99 Å². The molecule has 3 amide bonds. The van der Waals surface area contributed by atoms with Crippen LogP contribution >= 0.6 is 0 Å². The zero-order chi connectivity index (χ0) is 24.7. The highest BCUT2D eigenvalue weighted by molar-refractivity contribution is 6.10. The number of hydrogen-bond acceptors (Lipinski definition) is 8. The predicted octanol–water partition coefficient (Wildman–Crippen LogP) is 2.38. The van der Waals surface area contributed by atoms with Crippen molar-refractivity contribution in [3.8, 4) is 5.75 Å². The third-order valence-corrected chi connectivity index (χ3v) is 6.23. The number of carbonyl (C=O) groups excluding carboxylic acids is 3. The van der Waals surface area contributed by atoms with Crippen LogP contribution in [0.2, 0.25) is 0 Å². The molecule has 5 rings (SSSR count). The first-order valence-corrected chi connectivity index (χ1v) is 11.2. The third-order valence-electron chi connectivity index (χ3n) is 6.23. The summed E-state index contributed by atoms with van der Waals surface area (Å²) in [4.78, 5) is 49.6. The smallest absolute Gasteiger partial charge is 0.328 e. The molecule has 0 N–H and O–H groups in total. The lowest BCUT2D eigenvalue weighted by atomic mass is 10.1. The second-order valence-corrected chi connectivity index (χ2v) is 8.47. The summed E-state index contributed by atoms with van der Waals surface area (Å²) in [6.45, 7) is 1.51. The van der Waals surface area contributed by atoms with E-state index in [1.165, 1.54) is 4.90 Å². The zero-order valence-corrected chi connectivity index (χ0v) is 19.6. The summed E-state index contributed by atoms with van der Waals surface area (Å²) in [7, 11) is 3.17. The van der Waals surface area contributed by atoms with Crippen LogP contribution in [0, 0.1) is 0 Å². The summed E-state index contributed by atoms with van der Waals surface area (Å²) >= 11 is 0. The van der Waals surface area contributed by atoms with Crippen molar-refractivity contribution < 1.29 is 23.9 Å². The number of rotatable bonds is 6. The van der Waals surface area contributed by atoms with Crippen molar-refractivity contribution in [1.29, 1.82) is 0 Å². The summed E-state index contributed by atoms with van der Waals surface area (Å²) in [5, 5.41) is 0. The fraction of sp³-hybridized carbons (Fsp3) is 0.280. The van der Waals surface area contributed by atoms with Gasteiger partial charge in [-0.3, -0.25) is 19.4 Å². The van der Waals surface area contributed by atoms with Crippen LogP contribution in [0.1, 0.15) is 12.5 Å². The van der Waals surface area contributed by atoms with Gasteiger partial charge in [0, 0.05) is 25.0 Å². The van der Waals surface area contributed by atoms with Gasteiger partial charge in [0.15, 0.2) is 12.2 Å². The van der Waals surface area contributed by atoms with E-state index < -0.39 is 36.7 Å². The molecule has 35 heavy (non-hydrogen) atoms. The number of esters is 1. The third kappa shape index (κ3) is 3.86. The lowest BCUT2D eigenvalue weighted by molar-refractivity contribution is -0.151. The van der Waals surface area contributed by atoms with E-state index in [0.717, 1.165) is 21.8 Å². The number of benzene rings is 2. The molecular formula is C25H25N5O5. The van der Waals surface area contributed by atoms with Crippen molar-refractivity contribution in [3.05, 3.63) is 72.1 Å². The molecule has 2 aromatic rings. The van der Waals surface area contributed by atoms with E-state index in [0.29, 0.717) is 11.7 Å². The lowest BCUT2D eigenvalue weighted by Crippen LogP contribution is -2.65. The first-order chi connectivity index (χ1) is 16.9. The normalized spacial score (nSPS) is 21.0. The average molecular weight is 476 g/mol. The first kappa shape index (κ1) is 22.5. The number of nitrogens with zero attached hydrogens (tertiary/aromatic N) is 5. The molecule has 2 atom stereocenters. The highest BCUT2D eigenvalue weighted by atomic mass is 16.5. The topological polar surface area (TPSA) is 95.0 Å². The molecule has 1 saturated heterocycles. The number of ether oxygens (including phenoxy) is 2. The second kappa shape index (κ2) is 8.79. The Morgan fingerprint density at radius 1 is 1.09 bits per heavy atom. The van der Waals surface area contributed by atoms with Gasteiger partial charge in [-0.05, 0) is 24.6 Å². The molecule has 0 saturated carbocycles. The summed E-state index contributed by atoms with van der Waals surface area (Å²) in [5.41, 5.74) is 2.50. The molecule has 2 aromatic carbocycles. The van der Waals surface area contributed by atoms with Crippen molar-refractivity contribution in [1.82, 2.24) is 14.7 Å². The monoisotopic (exact) mass is 475 g/mol. The van der Waals surface area contributed by atoms with Crippen LogP contribution in [0.3, 0.4) is 0 Å². The van der Waals surface area contributed by atoms with Gasteiger partial charge in [0.05, 0.1) is 12.8 Å². The summed E-state index contributed by atoms with van der Waals surface area (Å²) < 4.78 is 10.6. The van der Waals surface area contributed by atoms with Gasteiger partial charge >= 0.3 is 12.0 Å². The number of methoxy groups -OCH3 is 1. The number of guanidine groups is 1. The largest absolute Gasteiger partial charge is 0.497 e. The van der Waals surface area contributed by atoms with Crippen LogP contribution in [0.15, 0.2) is 71.5 Å². The van der Waals surface area contributed by atoms with Gasteiger partial charge < -0.3 is 19.3 Å². The number of anilines is 1. The first-order valence-electron chi connectivity index (χ1n) is 11.2. The minimum Gasteiger partial charge on any atom is -0.497 e. The fourth-order valence-electron chi connectivity index (χ4n) is 4.48. The Bertz CT molecular complexity index is 1240. The lowest BCUT2D eigenvalue weighted by Gasteiger charge is -2.39. The number of likely N-dealkylation sites (N-methyl/N-ethyl adjacent to an activating group) is 1. The Kier molecular flexibility index (Phi) is 5.64. The molecule has 3 heterocycles. The maximum absolute atomic E-state index is 13.5. The van der Waals surface area contributed by atoms with Crippen LogP contribution < -0.4 is 9.64 Å². The Hall–Kier alpha value is -4.34. The summed E-state index contributed by atoms with van der Waals surface area (Å²) in [6, 6.07) is 15.3. The number of carbonyl (C=O) groups is 3. The van der Waals surface area contributed by atoms with Crippen LogP contribution in [0.4, 0.5) is 10.5 Å². The van der Waals surface area contributed by atoms with Crippen LogP contribution in [-0.4, -0.2) is 71.5 Å². The SMILES string of the molecule is COc1cccc(N2C(C)=CN3C2=NC2C3C(=O)N(CC(=O)OCc3ccccc3)C(=O)N2C)c1. The fourth-order valence-corrected chi connectivity index (χ4v) is 4.48. The summed E-state index contributed by atoms with van der Waals surface area (Å²) in [5.74, 6) is 0.0679. The molecule has 10 heteroatoms. The van der Waals surface area contributed by atoms with Crippen molar-refractivity contribution in [2.45, 2.75) is 25.7 Å². The molecule has 180 valence electrons. The molecule has 1 fully saturated rings. The van der Waals surface area contributed by atoms with E-state index in [1.54, 1.807) is 19.1 Å². The summed E-state index contributed by atoms with van der Waals surface area (Å²) in [6.07, 6.45) is 1.12.